The number of aryl methyl sites for hydroxylation is 1. The number of nitrogens with zero attached hydrogens (tertiary/aromatic N) is 3. The zero-order chi connectivity index (χ0) is 22.5. The van der Waals surface area contributed by atoms with E-state index in [1.54, 1.807) is 39.0 Å². The van der Waals surface area contributed by atoms with Crippen molar-refractivity contribution in [2.24, 2.45) is 5.73 Å². The number of carbonyl (C=O) groups excluding carboxylic acids is 2. The number of benzene rings is 1. The van der Waals surface area contributed by atoms with Gasteiger partial charge in [-0.3, -0.25) is 10.1 Å². The number of carbonyl (C=O) groups is 2. The van der Waals surface area contributed by atoms with Crippen molar-refractivity contribution in [2.75, 3.05) is 13.1 Å². The number of primary amides is 1. The summed E-state index contributed by atoms with van der Waals surface area (Å²) in [6.45, 7) is 8.78. The first-order valence-electron chi connectivity index (χ1n) is 9.93. The van der Waals surface area contributed by atoms with Gasteiger partial charge in [0, 0.05) is 19.6 Å². The van der Waals surface area contributed by atoms with E-state index in [0.29, 0.717) is 30.3 Å². The zero-order valence-corrected chi connectivity index (χ0v) is 19.3. The van der Waals surface area contributed by atoms with Crippen molar-refractivity contribution in [3.63, 3.8) is 0 Å². The van der Waals surface area contributed by atoms with Crippen molar-refractivity contribution in [3.05, 3.63) is 18.2 Å². The third-order valence-electron chi connectivity index (χ3n) is 4.66. The quantitative estimate of drug-likeness (QED) is 0.530. The molecule has 1 aromatic heterocycles. The molecular weight excluding hydrogens is 426 g/mol. The normalized spacial score (nSPS) is 13.0. The van der Waals surface area contributed by atoms with Gasteiger partial charge in [0.05, 0.1) is 21.2 Å². The summed E-state index contributed by atoms with van der Waals surface area (Å²) in [5.74, 6) is -0.508. The van der Waals surface area contributed by atoms with Crippen molar-refractivity contribution < 1.29 is 18.0 Å². The maximum atomic E-state index is 12.9. The Kier molecular flexibility index (Phi) is 8.27. The number of imide groups is 1. The van der Waals surface area contributed by atoms with Gasteiger partial charge in [-0.1, -0.05) is 39.0 Å². The fourth-order valence-corrected chi connectivity index (χ4v) is 5.45. The minimum atomic E-state index is -3.60. The molecular formula is C19H29N5O4S2. The van der Waals surface area contributed by atoms with Crippen LogP contribution >= 0.6 is 11.8 Å². The highest BCUT2D eigenvalue weighted by molar-refractivity contribution is 8.00. The molecule has 0 spiro atoms. The van der Waals surface area contributed by atoms with E-state index >= 15 is 0 Å². The first kappa shape index (κ1) is 24.2. The Balaban J connectivity index is 2.47. The van der Waals surface area contributed by atoms with E-state index in [4.69, 9.17) is 5.73 Å². The van der Waals surface area contributed by atoms with Crippen molar-refractivity contribution >= 4 is 44.8 Å². The molecule has 0 aliphatic carbocycles. The van der Waals surface area contributed by atoms with Gasteiger partial charge in [-0.25, -0.2) is 18.2 Å². The van der Waals surface area contributed by atoms with Crippen LogP contribution in [0.1, 0.15) is 40.5 Å². The third-order valence-corrected chi connectivity index (χ3v) is 7.80. The first-order valence-corrected chi connectivity index (χ1v) is 12.2. The fraction of sp³-hybridized carbons (Fsp3) is 0.526. The van der Waals surface area contributed by atoms with Gasteiger partial charge in [-0.15, -0.1) is 0 Å². The number of hydrogen-bond donors (Lipinski definition) is 2. The Morgan fingerprint density at radius 3 is 2.50 bits per heavy atom. The molecule has 1 aromatic carbocycles. The summed E-state index contributed by atoms with van der Waals surface area (Å²) in [4.78, 5) is 27.8. The average molecular weight is 456 g/mol. The average Bonchev–Trinajstić information content (AvgIpc) is 3.02. The molecule has 0 aliphatic heterocycles. The second kappa shape index (κ2) is 10.3. The van der Waals surface area contributed by atoms with Crippen molar-refractivity contribution in [3.8, 4) is 0 Å². The minimum Gasteiger partial charge on any atom is -0.351 e. The topological polar surface area (TPSA) is 127 Å². The Labute approximate surface area is 181 Å². The predicted molar refractivity (Wildman–Crippen MR) is 118 cm³/mol. The smallest absolute Gasteiger partial charge is 0.318 e. The maximum Gasteiger partial charge on any atom is 0.318 e. The molecule has 1 atom stereocenters. The highest BCUT2D eigenvalue weighted by Crippen LogP contribution is 2.30. The number of nitrogens with two attached hydrogens (primary N) is 1. The van der Waals surface area contributed by atoms with E-state index in [1.165, 1.54) is 16.1 Å². The number of nitrogens with one attached hydrogen (secondary N) is 1. The van der Waals surface area contributed by atoms with Gasteiger partial charge in [-0.2, -0.15) is 4.31 Å². The molecule has 0 fully saturated rings. The van der Waals surface area contributed by atoms with Crippen LogP contribution in [0.3, 0.4) is 0 Å². The van der Waals surface area contributed by atoms with Gasteiger partial charge in [0.15, 0.2) is 5.16 Å². The summed E-state index contributed by atoms with van der Waals surface area (Å²) in [6.07, 6.45) is 1.87. The van der Waals surface area contributed by atoms with Gasteiger partial charge < -0.3 is 10.3 Å². The molecule has 3 amide bonds. The van der Waals surface area contributed by atoms with Crippen LogP contribution in [0.15, 0.2) is 28.3 Å². The highest BCUT2D eigenvalue weighted by atomic mass is 32.2. The largest absolute Gasteiger partial charge is 0.351 e. The van der Waals surface area contributed by atoms with Crippen LogP contribution in [0, 0.1) is 0 Å². The lowest BCUT2D eigenvalue weighted by Gasteiger charge is -2.18. The standard InChI is InChI=1S/C19H29N5O4S2/c1-5-8-11-24-16-10-9-14(30(27,28)23(6-2)7-3)12-15(16)21-19(24)29-13(4)17(25)22-18(20)26/h9-10,12-13H,5-8,11H2,1-4H3,(H3,20,22,25,26)/t13-/m0/s1. The summed E-state index contributed by atoms with van der Waals surface area (Å²) < 4.78 is 29.1. The van der Waals surface area contributed by atoms with Crippen LogP contribution in [0.2, 0.25) is 0 Å². The van der Waals surface area contributed by atoms with E-state index < -0.39 is 27.2 Å². The van der Waals surface area contributed by atoms with E-state index in [1.807, 2.05) is 4.57 Å². The summed E-state index contributed by atoms with van der Waals surface area (Å²) in [6, 6.07) is 4.02. The van der Waals surface area contributed by atoms with Gasteiger partial charge in [0.25, 0.3) is 0 Å². The van der Waals surface area contributed by atoms with Crippen LogP contribution in [-0.2, 0) is 21.4 Å². The van der Waals surface area contributed by atoms with Gasteiger partial charge in [0.1, 0.15) is 0 Å². The van der Waals surface area contributed by atoms with Gasteiger partial charge in [-0.05, 0) is 31.5 Å². The molecule has 2 rings (SSSR count). The lowest BCUT2D eigenvalue weighted by atomic mass is 10.3. The molecule has 0 bridgehead atoms. The molecule has 0 aliphatic rings. The van der Waals surface area contributed by atoms with E-state index in [2.05, 4.69) is 17.2 Å². The van der Waals surface area contributed by atoms with Crippen LogP contribution in [0.25, 0.3) is 11.0 Å². The summed E-state index contributed by atoms with van der Waals surface area (Å²) in [5, 5.41) is 2.05. The second-order valence-corrected chi connectivity index (χ2v) is 10.00. The highest BCUT2D eigenvalue weighted by Gasteiger charge is 2.24. The summed E-state index contributed by atoms with van der Waals surface area (Å²) >= 11 is 1.20. The number of fused-ring (bicyclic) bond motifs is 1. The SMILES string of the molecule is CCCCn1c(S[C@@H](C)C(=O)NC(N)=O)nc2cc(S(=O)(=O)N(CC)CC)ccc21. The molecule has 0 radical (unpaired) electrons. The molecule has 9 nitrogen and oxygen atoms in total. The Bertz CT molecular complexity index is 1020. The Hall–Kier alpha value is -2.11. The van der Waals surface area contributed by atoms with E-state index in [0.717, 1.165) is 18.4 Å². The maximum absolute atomic E-state index is 12.9. The first-order chi connectivity index (χ1) is 14.1. The Morgan fingerprint density at radius 1 is 1.27 bits per heavy atom. The van der Waals surface area contributed by atoms with Crippen molar-refractivity contribution in [2.45, 2.75) is 62.4 Å². The number of imidazole rings is 1. The van der Waals surface area contributed by atoms with Crippen LogP contribution in [-0.4, -0.2) is 52.6 Å². The number of urea groups is 1. The molecule has 0 unspecified atom stereocenters. The van der Waals surface area contributed by atoms with E-state index in [-0.39, 0.29) is 4.90 Å². The van der Waals surface area contributed by atoms with E-state index in [9.17, 15) is 18.0 Å². The lowest BCUT2D eigenvalue weighted by molar-refractivity contribution is -0.119. The Morgan fingerprint density at radius 2 is 1.93 bits per heavy atom. The molecule has 0 saturated heterocycles. The number of rotatable bonds is 10. The van der Waals surface area contributed by atoms with Gasteiger partial charge >= 0.3 is 6.03 Å². The zero-order valence-electron chi connectivity index (χ0n) is 17.7. The predicted octanol–water partition coefficient (Wildman–Crippen LogP) is 2.54. The van der Waals surface area contributed by atoms with Crippen LogP contribution < -0.4 is 11.1 Å². The summed E-state index contributed by atoms with van der Waals surface area (Å²) in [5.41, 5.74) is 6.37. The number of aromatic nitrogens is 2. The fourth-order valence-electron chi connectivity index (χ4n) is 3.02. The molecule has 2 aromatic rings. The molecule has 0 saturated carbocycles. The number of thioether (sulfide) groups is 1. The van der Waals surface area contributed by atoms with Crippen LogP contribution in [0.5, 0.6) is 0 Å². The van der Waals surface area contributed by atoms with Crippen LogP contribution in [0.4, 0.5) is 4.79 Å². The molecule has 1 heterocycles. The molecule has 166 valence electrons. The van der Waals surface area contributed by atoms with Crippen molar-refractivity contribution in [1.82, 2.24) is 19.2 Å². The third kappa shape index (κ3) is 5.32. The van der Waals surface area contributed by atoms with Crippen molar-refractivity contribution in [1.29, 1.82) is 0 Å². The monoisotopic (exact) mass is 455 g/mol. The number of sulfonamides is 1. The molecule has 11 heteroatoms. The summed E-state index contributed by atoms with van der Waals surface area (Å²) in [7, 11) is -3.60. The van der Waals surface area contributed by atoms with Gasteiger partial charge in [0.2, 0.25) is 15.9 Å². The lowest BCUT2D eigenvalue weighted by Crippen LogP contribution is -2.39. The number of hydrogen-bond acceptors (Lipinski definition) is 6. The second-order valence-electron chi connectivity index (χ2n) is 6.75. The number of unbranched alkanes of at least 4 members (excludes halogenated alkanes) is 1. The minimum absolute atomic E-state index is 0.190. The molecule has 30 heavy (non-hydrogen) atoms. The number of amides is 3. The molecule has 3 N–H and O–H groups in total.